The van der Waals surface area contributed by atoms with Gasteiger partial charge in [-0.15, -0.1) is 11.3 Å². The summed E-state index contributed by atoms with van der Waals surface area (Å²) in [6.07, 6.45) is 4.01. The van der Waals surface area contributed by atoms with E-state index in [4.69, 9.17) is 0 Å². The number of carbonyl (C=O) groups is 2. The van der Waals surface area contributed by atoms with E-state index in [-0.39, 0.29) is 5.91 Å². The summed E-state index contributed by atoms with van der Waals surface area (Å²) in [5.74, 6) is -1.02. The lowest BCUT2D eigenvalue weighted by Gasteiger charge is -2.32. The molecule has 1 aliphatic carbocycles. The van der Waals surface area contributed by atoms with Crippen LogP contribution in [0.3, 0.4) is 0 Å². The summed E-state index contributed by atoms with van der Waals surface area (Å²) in [6.45, 7) is 0. The van der Waals surface area contributed by atoms with Crippen LogP contribution < -0.4 is 10.4 Å². The average Bonchev–Trinajstić information content (AvgIpc) is 3.36. The zero-order valence-corrected chi connectivity index (χ0v) is 20.0. The van der Waals surface area contributed by atoms with Crippen molar-refractivity contribution >= 4 is 28.8 Å². The molecule has 0 saturated carbocycles. The molecule has 1 heterocycles. The van der Waals surface area contributed by atoms with Crippen molar-refractivity contribution in [2.45, 2.75) is 31.3 Å². The number of benzene rings is 3. The average molecular weight is 483 g/mol. The van der Waals surface area contributed by atoms with Crippen molar-refractivity contribution in [3.05, 3.63) is 124 Å². The number of aryl methyl sites for hydroxylation is 1. The largest absolute Gasteiger partial charge is 0.372 e. The molecule has 0 fully saturated rings. The van der Waals surface area contributed by atoms with E-state index >= 15 is 0 Å². The second-order valence-corrected chi connectivity index (χ2v) is 9.58. The van der Waals surface area contributed by atoms with E-state index in [2.05, 4.69) is 5.43 Å². The zero-order valence-electron chi connectivity index (χ0n) is 19.2. The van der Waals surface area contributed by atoms with Crippen LogP contribution in [0.1, 0.15) is 44.8 Å². The van der Waals surface area contributed by atoms with Crippen molar-refractivity contribution in [3.8, 4) is 0 Å². The first-order valence-electron chi connectivity index (χ1n) is 11.7. The SMILES string of the molecule is O=C(c1csc2c1CCCC2)N(NC(=O)C(O)(c1ccccc1)c1ccccc1)c1ccccc1. The van der Waals surface area contributed by atoms with Crippen LogP contribution in [0.4, 0.5) is 5.69 Å². The van der Waals surface area contributed by atoms with Crippen LogP contribution in [0.25, 0.3) is 0 Å². The number of hydrogen-bond donors (Lipinski definition) is 2. The molecule has 5 rings (SSSR count). The number of nitrogens with zero attached hydrogens (tertiary/aromatic N) is 1. The molecule has 35 heavy (non-hydrogen) atoms. The molecule has 0 unspecified atom stereocenters. The van der Waals surface area contributed by atoms with E-state index in [9.17, 15) is 14.7 Å². The highest BCUT2D eigenvalue weighted by Crippen LogP contribution is 2.33. The Morgan fingerprint density at radius 2 is 1.34 bits per heavy atom. The first-order chi connectivity index (χ1) is 17.1. The van der Waals surface area contributed by atoms with Crippen molar-refractivity contribution in [2.75, 3.05) is 5.01 Å². The third kappa shape index (κ3) is 4.38. The zero-order chi connectivity index (χ0) is 24.3. The summed E-state index contributed by atoms with van der Waals surface area (Å²) in [5.41, 5.74) is 3.80. The quantitative estimate of drug-likeness (QED) is 0.382. The van der Waals surface area contributed by atoms with Gasteiger partial charge in [-0.1, -0.05) is 78.9 Å². The highest BCUT2D eigenvalue weighted by Gasteiger charge is 2.41. The van der Waals surface area contributed by atoms with Crippen molar-refractivity contribution < 1.29 is 14.7 Å². The molecule has 0 spiro atoms. The number of aliphatic hydroxyl groups is 1. The first kappa shape index (κ1) is 23.0. The van der Waals surface area contributed by atoms with Gasteiger partial charge in [0.25, 0.3) is 11.8 Å². The minimum Gasteiger partial charge on any atom is -0.372 e. The molecular formula is C29H26N2O3S. The number of carbonyl (C=O) groups excluding carboxylic acids is 2. The molecule has 176 valence electrons. The standard InChI is InChI=1S/C29H26N2O3S/c32-27(25-20-35-26-19-11-10-18-24(25)26)31(23-16-8-3-9-17-23)30-28(33)29(34,21-12-4-1-5-13-21)22-14-6-2-7-15-22/h1-9,12-17,20,34H,10-11,18-19H2,(H,30,33). The number of anilines is 1. The number of thiophene rings is 1. The molecule has 1 aromatic heterocycles. The Hall–Kier alpha value is -3.74. The molecular weight excluding hydrogens is 456 g/mol. The summed E-state index contributed by atoms with van der Waals surface area (Å²) in [5, 5.41) is 15.0. The fraction of sp³-hybridized carbons (Fsp3) is 0.172. The fourth-order valence-electron chi connectivity index (χ4n) is 4.57. The Morgan fingerprint density at radius 1 is 0.800 bits per heavy atom. The van der Waals surface area contributed by atoms with Gasteiger partial charge in [0.1, 0.15) is 0 Å². The molecule has 4 aromatic rings. The van der Waals surface area contributed by atoms with Gasteiger partial charge in [-0.05, 0) is 54.5 Å². The molecule has 0 radical (unpaired) electrons. The molecule has 0 saturated heterocycles. The molecule has 6 heteroatoms. The predicted molar refractivity (Wildman–Crippen MR) is 138 cm³/mol. The van der Waals surface area contributed by atoms with Crippen LogP contribution in [-0.4, -0.2) is 16.9 Å². The Balaban J connectivity index is 1.55. The van der Waals surface area contributed by atoms with Crippen molar-refractivity contribution in [2.24, 2.45) is 0 Å². The van der Waals surface area contributed by atoms with Crippen LogP contribution in [0.5, 0.6) is 0 Å². The number of para-hydroxylation sites is 1. The van der Waals surface area contributed by atoms with E-state index in [1.54, 1.807) is 72.0 Å². The summed E-state index contributed by atoms with van der Waals surface area (Å²) in [4.78, 5) is 28.9. The summed E-state index contributed by atoms with van der Waals surface area (Å²) < 4.78 is 0. The van der Waals surface area contributed by atoms with Crippen molar-refractivity contribution in [1.29, 1.82) is 0 Å². The van der Waals surface area contributed by atoms with Crippen molar-refractivity contribution in [3.63, 3.8) is 0 Å². The molecule has 2 N–H and O–H groups in total. The number of amides is 2. The lowest BCUT2D eigenvalue weighted by atomic mass is 9.85. The predicted octanol–water partition coefficient (Wildman–Crippen LogP) is 5.24. The van der Waals surface area contributed by atoms with Gasteiger partial charge in [-0.3, -0.25) is 15.0 Å². The normalized spacial score (nSPS) is 13.1. The van der Waals surface area contributed by atoms with Gasteiger partial charge < -0.3 is 5.11 Å². The Labute approximate surface area is 208 Å². The van der Waals surface area contributed by atoms with Crippen molar-refractivity contribution in [1.82, 2.24) is 5.43 Å². The van der Waals surface area contributed by atoms with Gasteiger partial charge in [0.05, 0.1) is 11.3 Å². The van der Waals surface area contributed by atoms with E-state index in [1.807, 2.05) is 35.7 Å². The number of hydrazine groups is 1. The van der Waals surface area contributed by atoms with Crippen LogP contribution in [0.15, 0.2) is 96.4 Å². The highest BCUT2D eigenvalue weighted by molar-refractivity contribution is 7.10. The second kappa shape index (κ2) is 9.86. The third-order valence-electron chi connectivity index (χ3n) is 6.43. The molecule has 2 amide bonds. The van der Waals surface area contributed by atoms with E-state index < -0.39 is 11.5 Å². The minimum absolute atomic E-state index is 0.313. The Morgan fingerprint density at radius 3 is 1.94 bits per heavy atom. The fourth-order valence-corrected chi connectivity index (χ4v) is 5.69. The van der Waals surface area contributed by atoms with Crippen LogP contribution in [-0.2, 0) is 23.2 Å². The van der Waals surface area contributed by atoms with Gasteiger partial charge in [0, 0.05) is 10.3 Å². The van der Waals surface area contributed by atoms with Gasteiger partial charge in [-0.25, -0.2) is 5.01 Å². The maximum Gasteiger partial charge on any atom is 0.280 e. The van der Waals surface area contributed by atoms with Crippen LogP contribution in [0, 0.1) is 0 Å². The van der Waals surface area contributed by atoms with Gasteiger partial charge in [-0.2, -0.15) is 0 Å². The third-order valence-corrected chi connectivity index (χ3v) is 7.52. The highest BCUT2D eigenvalue weighted by atomic mass is 32.1. The van der Waals surface area contributed by atoms with Gasteiger partial charge in [0.15, 0.2) is 5.60 Å². The first-order valence-corrected chi connectivity index (χ1v) is 12.6. The topological polar surface area (TPSA) is 69.6 Å². The molecule has 0 bridgehead atoms. The number of rotatable bonds is 5. The van der Waals surface area contributed by atoms with Crippen LogP contribution in [0.2, 0.25) is 0 Å². The van der Waals surface area contributed by atoms with E-state index in [0.717, 1.165) is 31.2 Å². The molecule has 3 aromatic carbocycles. The smallest absolute Gasteiger partial charge is 0.280 e. The van der Waals surface area contributed by atoms with Gasteiger partial charge >= 0.3 is 0 Å². The maximum absolute atomic E-state index is 13.9. The monoisotopic (exact) mass is 482 g/mol. The van der Waals surface area contributed by atoms with Gasteiger partial charge in [0.2, 0.25) is 0 Å². The molecule has 0 atom stereocenters. The Kier molecular flexibility index (Phi) is 6.49. The van der Waals surface area contributed by atoms with E-state index in [1.165, 1.54) is 9.89 Å². The second-order valence-electron chi connectivity index (χ2n) is 8.62. The lowest BCUT2D eigenvalue weighted by Crippen LogP contribution is -2.54. The summed E-state index contributed by atoms with van der Waals surface area (Å²) in [6, 6.07) is 26.6. The summed E-state index contributed by atoms with van der Waals surface area (Å²) in [7, 11) is 0. The minimum atomic E-state index is -2.00. The Bertz CT molecular complexity index is 1280. The lowest BCUT2D eigenvalue weighted by molar-refractivity contribution is -0.136. The molecule has 0 aliphatic heterocycles. The summed E-state index contributed by atoms with van der Waals surface area (Å²) >= 11 is 1.60. The maximum atomic E-state index is 13.9. The molecule has 1 aliphatic rings. The van der Waals surface area contributed by atoms with Crippen LogP contribution >= 0.6 is 11.3 Å². The number of nitrogens with one attached hydrogen (secondary N) is 1. The van der Waals surface area contributed by atoms with E-state index in [0.29, 0.717) is 22.4 Å². The molecule has 5 nitrogen and oxygen atoms in total. The number of fused-ring (bicyclic) bond motifs is 1. The number of hydrogen-bond acceptors (Lipinski definition) is 4.